The first kappa shape index (κ1) is 13.8. The quantitative estimate of drug-likeness (QED) is 0.730. The van der Waals surface area contributed by atoms with Crippen LogP contribution in [-0.4, -0.2) is 11.8 Å². The van der Waals surface area contributed by atoms with Gasteiger partial charge in [0.2, 0.25) is 0 Å². The van der Waals surface area contributed by atoms with Crippen LogP contribution in [0, 0.1) is 17.1 Å². The smallest absolute Gasteiger partial charge is 0.292 e. The molecular formula is C17H11FN2O2. The number of hydrogen-bond donors (Lipinski definition) is 0. The fraction of sp³-hybridized carbons (Fsp3) is 0.0588. The molecule has 3 aromatic rings. The molecule has 0 fully saturated rings. The maximum absolute atomic E-state index is 14.2. The number of fused-ring (bicyclic) bond motifs is 1. The minimum atomic E-state index is -0.467. The average molecular weight is 294 g/mol. The summed E-state index contributed by atoms with van der Waals surface area (Å²) in [5.41, 5.74) is 0.115. The zero-order chi connectivity index (χ0) is 15.7. The van der Waals surface area contributed by atoms with Crippen molar-refractivity contribution in [3.05, 3.63) is 70.4 Å². The average Bonchev–Trinajstić information content (AvgIpc) is 2.55. The van der Waals surface area contributed by atoms with Gasteiger partial charge in [-0.3, -0.25) is 4.79 Å². The maximum Gasteiger partial charge on any atom is 0.292 e. The van der Waals surface area contributed by atoms with Crippen molar-refractivity contribution in [3.63, 3.8) is 0 Å². The number of nitrogens with zero attached hydrogens (tertiary/aromatic N) is 2. The molecule has 108 valence electrons. The van der Waals surface area contributed by atoms with Crippen LogP contribution in [0.2, 0.25) is 0 Å². The second kappa shape index (κ2) is 5.34. The van der Waals surface area contributed by atoms with Crippen molar-refractivity contribution in [2.75, 3.05) is 7.11 Å². The molecule has 4 nitrogen and oxygen atoms in total. The highest BCUT2D eigenvalue weighted by molar-refractivity contribution is 5.98. The molecule has 2 aromatic carbocycles. The van der Waals surface area contributed by atoms with Crippen molar-refractivity contribution < 1.29 is 9.23 Å². The summed E-state index contributed by atoms with van der Waals surface area (Å²) < 4.78 is 15.1. The molecule has 0 aliphatic carbocycles. The number of halogens is 1. The van der Waals surface area contributed by atoms with Crippen LogP contribution in [0.15, 0.2) is 53.3 Å². The molecule has 1 heterocycles. The normalized spacial score (nSPS) is 10.4. The fourth-order valence-electron chi connectivity index (χ4n) is 2.54. The van der Waals surface area contributed by atoms with E-state index in [1.54, 1.807) is 42.5 Å². The molecular weight excluding hydrogens is 283 g/mol. The molecule has 5 heteroatoms. The van der Waals surface area contributed by atoms with Crippen LogP contribution in [-0.2, 0) is 0 Å². The molecule has 0 spiro atoms. The van der Waals surface area contributed by atoms with E-state index in [9.17, 15) is 14.4 Å². The standard InChI is InChI=1S/C17H11FN2O2/c1-22-20-15(10-19)16(13-8-4-5-9-14(13)18)11-6-2-3-7-12(11)17(20)21/h2-9H,1H3. The minimum Gasteiger partial charge on any atom is -0.413 e. The Hall–Kier alpha value is -3.13. The third kappa shape index (κ3) is 1.93. The summed E-state index contributed by atoms with van der Waals surface area (Å²) in [6, 6.07) is 14.8. The van der Waals surface area contributed by atoms with E-state index < -0.39 is 11.4 Å². The van der Waals surface area contributed by atoms with E-state index in [0.29, 0.717) is 16.3 Å². The Kier molecular flexibility index (Phi) is 3.36. The Morgan fingerprint density at radius 3 is 2.36 bits per heavy atom. The van der Waals surface area contributed by atoms with E-state index in [2.05, 4.69) is 0 Å². The fourth-order valence-corrected chi connectivity index (χ4v) is 2.54. The van der Waals surface area contributed by atoms with Gasteiger partial charge in [0.1, 0.15) is 19.0 Å². The lowest BCUT2D eigenvalue weighted by Crippen LogP contribution is -2.28. The Morgan fingerprint density at radius 1 is 1.09 bits per heavy atom. The number of aromatic nitrogens is 1. The summed E-state index contributed by atoms with van der Waals surface area (Å²) in [4.78, 5) is 17.4. The molecule has 22 heavy (non-hydrogen) atoms. The molecule has 0 saturated carbocycles. The Labute approximate surface area is 125 Å². The second-order valence-electron chi connectivity index (χ2n) is 4.64. The van der Waals surface area contributed by atoms with E-state index >= 15 is 0 Å². The van der Waals surface area contributed by atoms with Crippen molar-refractivity contribution in [3.8, 4) is 17.2 Å². The van der Waals surface area contributed by atoms with Crippen LogP contribution in [0.1, 0.15) is 5.69 Å². The predicted octanol–water partition coefficient (Wildman–Crippen LogP) is 2.74. The zero-order valence-corrected chi connectivity index (χ0v) is 11.7. The summed E-state index contributed by atoms with van der Waals surface area (Å²) in [6.45, 7) is 0. The van der Waals surface area contributed by atoms with Crippen LogP contribution >= 0.6 is 0 Å². The monoisotopic (exact) mass is 294 g/mol. The molecule has 0 amide bonds. The third-order valence-electron chi connectivity index (χ3n) is 3.48. The summed E-state index contributed by atoms with van der Waals surface area (Å²) >= 11 is 0. The molecule has 0 aliphatic rings. The van der Waals surface area contributed by atoms with Gasteiger partial charge in [0.15, 0.2) is 5.69 Å². The van der Waals surface area contributed by atoms with Crippen molar-refractivity contribution in [2.45, 2.75) is 0 Å². The lowest BCUT2D eigenvalue weighted by Gasteiger charge is -2.14. The van der Waals surface area contributed by atoms with E-state index in [-0.39, 0.29) is 11.3 Å². The molecule has 3 rings (SSSR count). The Bertz CT molecular complexity index is 971. The Balaban J connectivity index is 2.59. The van der Waals surface area contributed by atoms with E-state index in [4.69, 9.17) is 4.84 Å². The molecule has 0 N–H and O–H groups in total. The summed E-state index contributed by atoms with van der Waals surface area (Å²) in [5.74, 6) is -0.467. The topological polar surface area (TPSA) is 55.0 Å². The molecule has 0 radical (unpaired) electrons. The van der Waals surface area contributed by atoms with Crippen LogP contribution in [0.3, 0.4) is 0 Å². The summed E-state index contributed by atoms with van der Waals surface area (Å²) in [7, 11) is 1.29. The van der Waals surface area contributed by atoms with Crippen LogP contribution in [0.25, 0.3) is 21.9 Å². The molecule has 0 atom stereocenters. The summed E-state index contributed by atoms with van der Waals surface area (Å²) in [5, 5.41) is 10.3. The third-order valence-corrected chi connectivity index (χ3v) is 3.48. The number of hydrogen-bond acceptors (Lipinski definition) is 3. The van der Waals surface area contributed by atoms with E-state index in [0.717, 1.165) is 4.73 Å². The van der Waals surface area contributed by atoms with Crippen LogP contribution in [0.4, 0.5) is 4.39 Å². The van der Waals surface area contributed by atoms with Gasteiger partial charge in [0.05, 0.1) is 5.39 Å². The maximum atomic E-state index is 14.2. The van der Waals surface area contributed by atoms with Gasteiger partial charge in [0, 0.05) is 11.1 Å². The highest BCUT2D eigenvalue weighted by Crippen LogP contribution is 2.31. The highest BCUT2D eigenvalue weighted by Gasteiger charge is 2.20. The largest absolute Gasteiger partial charge is 0.413 e. The number of benzene rings is 2. The SMILES string of the molecule is COn1c(C#N)c(-c2ccccc2F)c2ccccc2c1=O. The first-order valence-electron chi connectivity index (χ1n) is 6.56. The zero-order valence-electron chi connectivity index (χ0n) is 11.7. The predicted molar refractivity (Wildman–Crippen MR) is 80.8 cm³/mol. The molecule has 0 saturated heterocycles. The van der Waals surface area contributed by atoms with Gasteiger partial charge in [0.25, 0.3) is 5.56 Å². The van der Waals surface area contributed by atoms with Gasteiger partial charge < -0.3 is 4.84 Å². The number of rotatable bonds is 2. The van der Waals surface area contributed by atoms with Gasteiger partial charge in [-0.2, -0.15) is 5.26 Å². The van der Waals surface area contributed by atoms with Crippen LogP contribution in [0.5, 0.6) is 0 Å². The lowest BCUT2D eigenvalue weighted by atomic mass is 9.97. The molecule has 0 aliphatic heterocycles. The van der Waals surface area contributed by atoms with Crippen molar-refractivity contribution in [1.82, 2.24) is 4.73 Å². The van der Waals surface area contributed by atoms with Crippen molar-refractivity contribution in [2.24, 2.45) is 0 Å². The van der Waals surface area contributed by atoms with E-state index in [1.165, 1.54) is 13.2 Å². The number of pyridine rings is 1. The van der Waals surface area contributed by atoms with Gasteiger partial charge >= 0.3 is 0 Å². The van der Waals surface area contributed by atoms with Crippen LogP contribution < -0.4 is 10.4 Å². The second-order valence-corrected chi connectivity index (χ2v) is 4.64. The first-order chi connectivity index (χ1) is 10.7. The lowest BCUT2D eigenvalue weighted by molar-refractivity contribution is 0.156. The molecule has 0 unspecified atom stereocenters. The minimum absolute atomic E-state index is 0.0312. The van der Waals surface area contributed by atoms with Gasteiger partial charge in [-0.25, -0.2) is 4.39 Å². The van der Waals surface area contributed by atoms with Gasteiger partial charge in [-0.15, -0.1) is 4.73 Å². The summed E-state index contributed by atoms with van der Waals surface area (Å²) in [6.07, 6.45) is 0. The van der Waals surface area contributed by atoms with Gasteiger partial charge in [-0.1, -0.05) is 36.4 Å². The van der Waals surface area contributed by atoms with Crippen molar-refractivity contribution >= 4 is 10.8 Å². The van der Waals surface area contributed by atoms with Crippen molar-refractivity contribution in [1.29, 1.82) is 5.26 Å². The number of nitriles is 1. The highest BCUT2D eigenvalue weighted by atomic mass is 19.1. The van der Waals surface area contributed by atoms with E-state index in [1.807, 2.05) is 6.07 Å². The first-order valence-corrected chi connectivity index (χ1v) is 6.56. The molecule has 0 bridgehead atoms. The van der Waals surface area contributed by atoms with Gasteiger partial charge in [-0.05, 0) is 17.5 Å². The molecule has 1 aromatic heterocycles. The Morgan fingerprint density at radius 2 is 1.73 bits per heavy atom.